The number of aliphatic hydroxyl groups is 1. The number of aliphatic hydroxyl groups excluding tert-OH is 1. The molecule has 2 unspecified atom stereocenters. The van der Waals surface area contributed by atoms with Gasteiger partial charge in [-0.25, -0.2) is 9.59 Å². The highest BCUT2D eigenvalue weighted by molar-refractivity contribution is 6.00. The molecule has 2 atom stereocenters. The summed E-state index contributed by atoms with van der Waals surface area (Å²) in [6.45, 7) is 5.33. The van der Waals surface area contributed by atoms with E-state index >= 15 is 0 Å². The minimum Gasteiger partial charge on any atom is -0.449 e. The van der Waals surface area contributed by atoms with Gasteiger partial charge in [-0.3, -0.25) is 0 Å². The van der Waals surface area contributed by atoms with Gasteiger partial charge in [0.2, 0.25) is 0 Å². The van der Waals surface area contributed by atoms with Crippen molar-refractivity contribution in [1.29, 1.82) is 0 Å². The summed E-state index contributed by atoms with van der Waals surface area (Å²) in [4.78, 5) is 29.7. The van der Waals surface area contributed by atoms with E-state index in [9.17, 15) is 14.7 Å². The molecule has 0 aliphatic heterocycles. The van der Waals surface area contributed by atoms with Gasteiger partial charge in [-0.15, -0.1) is 0 Å². The smallest absolute Gasteiger partial charge is 0.344 e. The second-order valence-electron chi connectivity index (χ2n) is 6.71. The maximum atomic E-state index is 12.5. The molecule has 0 saturated carbocycles. The van der Waals surface area contributed by atoms with Crippen LogP contribution in [0.15, 0.2) is 53.7 Å². The minimum atomic E-state index is -1.11. The van der Waals surface area contributed by atoms with Crippen LogP contribution < -0.4 is 0 Å². The predicted octanol–water partition coefficient (Wildman–Crippen LogP) is 3.42. The Kier molecular flexibility index (Phi) is 7.91. The van der Waals surface area contributed by atoms with Crippen LogP contribution in [0.25, 0.3) is 0 Å². The second-order valence-corrected chi connectivity index (χ2v) is 6.71. The summed E-state index contributed by atoms with van der Waals surface area (Å²) >= 11 is 0. The van der Waals surface area contributed by atoms with E-state index in [1.807, 2.05) is 13.8 Å². The van der Waals surface area contributed by atoms with E-state index in [0.29, 0.717) is 11.1 Å². The average Bonchev–Trinajstić information content (AvgIpc) is 2.67. The summed E-state index contributed by atoms with van der Waals surface area (Å²) in [5, 5.41) is 13.5. The van der Waals surface area contributed by atoms with E-state index in [-0.39, 0.29) is 12.3 Å². The Morgan fingerprint density at radius 1 is 0.931 bits per heavy atom. The Balaban J connectivity index is 2.21. The highest BCUT2D eigenvalue weighted by Crippen LogP contribution is 2.14. The van der Waals surface area contributed by atoms with Crippen LogP contribution in [-0.2, 0) is 14.3 Å². The number of nitrogens with zero attached hydrogens (tertiary/aromatic N) is 1. The summed E-state index contributed by atoms with van der Waals surface area (Å²) in [6, 6.07) is 13.6. The largest absolute Gasteiger partial charge is 0.449 e. The number of ether oxygens (including phenoxy) is 2. The Morgan fingerprint density at radius 3 is 1.86 bits per heavy atom. The standard InChI is InChI=1S/C22H25NO6/c1-14-5-9-17(10-6-14)21(25)28-19(13-16(3)24)20(23-27-4)29-22(26)18-11-7-15(2)8-12-18/h5-12,16,19,24H,13H2,1-4H3. The molecule has 0 aliphatic carbocycles. The molecule has 7 nitrogen and oxygen atoms in total. The van der Waals surface area contributed by atoms with Crippen molar-refractivity contribution >= 4 is 17.8 Å². The molecule has 2 aromatic rings. The fraction of sp³-hybridized carbons (Fsp3) is 0.318. The van der Waals surface area contributed by atoms with Crippen molar-refractivity contribution in [2.45, 2.75) is 39.4 Å². The van der Waals surface area contributed by atoms with Gasteiger partial charge in [0.1, 0.15) is 7.11 Å². The van der Waals surface area contributed by atoms with Gasteiger partial charge in [-0.05, 0) is 50.2 Å². The van der Waals surface area contributed by atoms with Crippen LogP contribution in [0.3, 0.4) is 0 Å². The lowest BCUT2D eigenvalue weighted by Gasteiger charge is -2.20. The molecule has 0 spiro atoms. The first-order chi connectivity index (χ1) is 13.8. The first-order valence-corrected chi connectivity index (χ1v) is 9.15. The van der Waals surface area contributed by atoms with E-state index in [1.54, 1.807) is 48.5 Å². The minimum absolute atomic E-state index is 0.0268. The number of benzene rings is 2. The molecule has 0 bridgehead atoms. The summed E-state index contributed by atoms with van der Waals surface area (Å²) in [5.74, 6) is -1.56. The summed E-state index contributed by atoms with van der Waals surface area (Å²) in [5.41, 5.74) is 2.62. The molecule has 29 heavy (non-hydrogen) atoms. The normalized spacial score (nSPS) is 13.3. The molecule has 1 N–H and O–H groups in total. The predicted molar refractivity (Wildman–Crippen MR) is 108 cm³/mol. The molecular formula is C22H25NO6. The zero-order chi connectivity index (χ0) is 21.4. The van der Waals surface area contributed by atoms with Crippen LogP contribution in [0, 0.1) is 13.8 Å². The Labute approximate surface area is 169 Å². The van der Waals surface area contributed by atoms with Gasteiger partial charge in [-0.2, -0.15) is 0 Å². The molecular weight excluding hydrogens is 374 g/mol. The van der Waals surface area contributed by atoms with Crippen molar-refractivity contribution in [2.75, 3.05) is 7.11 Å². The molecule has 0 aromatic heterocycles. The highest BCUT2D eigenvalue weighted by Gasteiger charge is 2.28. The molecule has 0 heterocycles. The van der Waals surface area contributed by atoms with E-state index in [4.69, 9.17) is 14.3 Å². The highest BCUT2D eigenvalue weighted by atomic mass is 16.7. The van der Waals surface area contributed by atoms with E-state index in [0.717, 1.165) is 11.1 Å². The maximum Gasteiger partial charge on any atom is 0.344 e. The topological polar surface area (TPSA) is 94.4 Å². The quantitative estimate of drug-likeness (QED) is 0.332. The molecule has 2 rings (SSSR count). The second kappa shape index (κ2) is 10.4. The van der Waals surface area contributed by atoms with Gasteiger partial charge < -0.3 is 19.4 Å². The van der Waals surface area contributed by atoms with Crippen molar-refractivity contribution in [2.24, 2.45) is 5.16 Å². The molecule has 0 aliphatic rings. The lowest BCUT2D eigenvalue weighted by atomic mass is 10.1. The SMILES string of the molecule is CON=C(OC(=O)c1ccc(C)cc1)C(CC(C)O)OC(=O)c1ccc(C)cc1. The lowest BCUT2D eigenvalue weighted by molar-refractivity contribution is 0.0244. The van der Waals surface area contributed by atoms with Gasteiger partial charge in [0, 0.05) is 6.42 Å². The monoisotopic (exact) mass is 399 g/mol. The van der Waals surface area contributed by atoms with Crippen LogP contribution in [0.2, 0.25) is 0 Å². The van der Waals surface area contributed by atoms with Crippen LogP contribution in [0.1, 0.15) is 45.2 Å². The third-order valence-corrected chi connectivity index (χ3v) is 4.03. The Hall–Kier alpha value is -3.19. The first kappa shape index (κ1) is 22.1. The van der Waals surface area contributed by atoms with Crippen molar-refractivity contribution in [1.82, 2.24) is 0 Å². The first-order valence-electron chi connectivity index (χ1n) is 9.15. The van der Waals surface area contributed by atoms with Crippen molar-refractivity contribution in [3.8, 4) is 0 Å². The fourth-order valence-corrected chi connectivity index (χ4v) is 2.47. The van der Waals surface area contributed by atoms with Crippen molar-refractivity contribution in [3.05, 3.63) is 70.8 Å². The lowest BCUT2D eigenvalue weighted by Crippen LogP contribution is -2.34. The van der Waals surface area contributed by atoms with Gasteiger partial charge in [0.25, 0.3) is 5.90 Å². The molecule has 7 heteroatoms. The molecule has 2 aromatic carbocycles. The molecule has 0 amide bonds. The number of carbonyl (C=O) groups excluding carboxylic acids is 2. The van der Waals surface area contributed by atoms with Crippen LogP contribution in [0.4, 0.5) is 0 Å². The van der Waals surface area contributed by atoms with Crippen LogP contribution >= 0.6 is 0 Å². The molecule has 0 fully saturated rings. The number of rotatable bonds is 7. The Bertz CT molecular complexity index is 856. The number of esters is 2. The van der Waals surface area contributed by atoms with Crippen LogP contribution in [0.5, 0.6) is 0 Å². The number of hydrogen-bond acceptors (Lipinski definition) is 7. The number of carbonyl (C=O) groups is 2. The van der Waals surface area contributed by atoms with Crippen LogP contribution in [-0.4, -0.2) is 42.3 Å². The molecule has 0 radical (unpaired) electrons. The van der Waals surface area contributed by atoms with Gasteiger partial charge in [0.05, 0.1) is 17.2 Å². The van der Waals surface area contributed by atoms with E-state index in [2.05, 4.69) is 5.16 Å². The zero-order valence-corrected chi connectivity index (χ0v) is 16.9. The third-order valence-electron chi connectivity index (χ3n) is 4.03. The van der Waals surface area contributed by atoms with Gasteiger partial charge >= 0.3 is 11.9 Å². The van der Waals surface area contributed by atoms with Gasteiger partial charge in [0.15, 0.2) is 6.10 Å². The molecule has 154 valence electrons. The molecule has 0 saturated heterocycles. The van der Waals surface area contributed by atoms with Crippen molar-refractivity contribution in [3.63, 3.8) is 0 Å². The number of aryl methyl sites for hydroxylation is 2. The zero-order valence-electron chi connectivity index (χ0n) is 16.9. The summed E-state index contributed by atoms with van der Waals surface area (Å²) in [7, 11) is 1.28. The number of oxime groups is 1. The average molecular weight is 399 g/mol. The van der Waals surface area contributed by atoms with E-state index < -0.39 is 24.1 Å². The van der Waals surface area contributed by atoms with Gasteiger partial charge in [-0.1, -0.05) is 35.4 Å². The van der Waals surface area contributed by atoms with E-state index in [1.165, 1.54) is 14.0 Å². The summed E-state index contributed by atoms with van der Waals surface area (Å²) in [6.07, 6.45) is -1.98. The Morgan fingerprint density at radius 2 is 1.41 bits per heavy atom. The third kappa shape index (κ3) is 6.73. The summed E-state index contributed by atoms with van der Waals surface area (Å²) < 4.78 is 10.8. The number of hydrogen-bond donors (Lipinski definition) is 1. The fourth-order valence-electron chi connectivity index (χ4n) is 2.47. The van der Waals surface area contributed by atoms with Crippen molar-refractivity contribution < 1.29 is 29.0 Å². The maximum absolute atomic E-state index is 12.5.